The Morgan fingerprint density at radius 1 is 1.69 bits per heavy atom. The highest BCUT2D eigenvalue weighted by Gasteiger charge is 2.32. The Balaban J connectivity index is 2.13. The number of β-amino-alcohol motifs (C(OH)–C–C–N with tert-alkyl or cyclic N) is 1. The first-order chi connectivity index (χ1) is 7.61. The molecule has 1 fully saturated rings. The van der Waals surface area contributed by atoms with E-state index in [1.54, 1.807) is 29.9 Å². The number of hydrogen-bond donors (Lipinski definition) is 2. The molecule has 1 amide bonds. The van der Waals surface area contributed by atoms with Gasteiger partial charge in [-0.3, -0.25) is 4.79 Å². The van der Waals surface area contributed by atoms with Crippen LogP contribution < -0.4 is 5.32 Å². The van der Waals surface area contributed by atoms with Crippen LogP contribution in [0.4, 0.5) is 0 Å². The number of imidazole rings is 1. The molecule has 0 aliphatic carbocycles. The molecule has 1 aromatic heterocycles. The summed E-state index contributed by atoms with van der Waals surface area (Å²) in [5.41, 5.74) is 0.529. The Hall–Kier alpha value is -1.40. The molecule has 1 aromatic rings. The molecular formula is C10H16N4O2. The summed E-state index contributed by atoms with van der Waals surface area (Å²) in [6.45, 7) is 1.16. The van der Waals surface area contributed by atoms with Crippen LogP contribution in [0.15, 0.2) is 12.5 Å². The zero-order valence-electron chi connectivity index (χ0n) is 9.42. The molecule has 1 saturated heterocycles. The van der Waals surface area contributed by atoms with Crippen molar-refractivity contribution in [3.05, 3.63) is 18.2 Å². The van der Waals surface area contributed by atoms with Gasteiger partial charge in [0.15, 0.2) is 0 Å². The number of rotatable bonds is 2. The van der Waals surface area contributed by atoms with Crippen molar-refractivity contribution in [2.75, 3.05) is 20.1 Å². The van der Waals surface area contributed by atoms with Gasteiger partial charge < -0.3 is 19.9 Å². The minimum absolute atomic E-state index is 0.118. The minimum atomic E-state index is -0.498. The smallest absolute Gasteiger partial charge is 0.272 e. The highest BCUT2D eigenvalue weighted by Crippen LogP contribution is 2.11. The van der Waals surface area contributed by atoms with Gasteiger partial charge in [0.05, 0.1) is 24.7 Å². The Morgan fingerprint density at radius 3 is 2.94 bits per heavy atom. The number of aromatic nitrogens is 2. The summed E-state index contributed by atoms with van der Waals surface area (Å²) >= 11 is 0. The van der Waals surface area contributed by atoms with Crippen LogP contribution in [0.2, 0.25) is 0 Å². The van der Waals surface area contributed by atoms with E-state index in [2.05, 4.69) is 10.3 Å². The number of amides is 1. The first-order valence-electron chi connectivity index (χ1n) is 5.23. The van der Waals surface area contributed by atoms with Gasteiger partial charge in [-0.1, -0.05) is 0 Å². The number of carbonyl (C=O) groups excluding carboxylic acids is 1. The summed E-state index contributed by atoms with van der Waals surface area (Å²) in [7, 11) is 3.48. The van der Waals surface area contributed by atoms with Gasteiger partial charge in [0.1, 0.15) is 5.69 Å². The Labute approximate surface area is 93.9 Å². The third-order valence-electron chi connectivity index (χ3n) is 3.00. The van der Waals surface area contributed by atoms with Gasteiger partial charge >= 0.3 is 0 Å². The van der Waals surface area contributed by atoms with E-state index in [4.69, 9.17) is 0 Å². The lowest BCUT2D eigenvalue weighted by Crippen LogP contribution is -2.44. The van der Waals surface area contributed by atoms with E-state index >= 15 is 0 Å². The maximum absolute atomic E-state index is 12.1. The van der Waals surface area contributed by atoms with Crippen LogP contribution in [0.25, 0.3) is 0 Å². The highest BCUT2D eigenvalue weighted by atomic mass is 16.3. The van der Waals surface area contributed by atoms with Crippen molar-refractivity contribution in [3.63, 3.8) is 0 Å². The molecule has 1 aliphatic heterocycles. The van der Waals surface area contributed by atoms with Gasteiger partial charge in [-0.2, -0.15) is 0 Å². The number of likely N-dealkylation sites (N-methyl/N-ethyl adjacent to an activating group) is 1. The highest BCUT2D eigenvalue weighted by molar-refractivity contribution is 5.92. The van der Waals surface area contributed by atoms with Crippen LogP contribution in [-0.4, -0.2) is 57.7 Å². The SMILES string of the molecule is CN(C(=O)c1cncn1C)[C@H]1CNC[C@@H]1O. The third-order valence-corrected chi connectivity index (χ3v) is 3.00. The fourth-order valence-electron chi connectivity index (χ4n) is 1.94. The summed E-state index contributed by atoms with van der Waals surface area (Å²) in [5.74, 6) is -0.118. The lowest BCUT2D eigenvalue weighted by molar-refractivity contribution is 0.0572. The number of aryl methyl sites for hydroxylation is 1. The normalized spacial score (nSPS) is 24.7. The molecule has 0 unspecified atom stereocenters. The van der Waals surface area contributed by atoms with E-state index in [-0.39, 0.29) is 11.9 Å². The van der Waals surface area contributed by atoms with Gasteiger partial charge in [0.2, 0.25) is 0 Å². The fourth-order valence-corrected chi connectivity index (χ4v) is 1.94. The Bertz CT molecular complexity index is 390. The number of hydrogen-bond acceptors (Lipinski definition) is 4. The van der Waals surface area contributed by atoms with E-state index in [1.165, 1.54) is 6.20 Å². The second kappa shape index (κ2) is 4.23. The van der Waals surface area contributed by atoms with Crippen molar-refractivity contribution in [1.82, 2.24) is 19.8 Å². The van der Waals surface area contributed by atoms with Crippen molar-refractivity contribution in [2.24, 2.45) is 7.05 Å². The number of nitrogens with zero attached hydrogens (tertiary/aromatic N) is 3. The van der Waals surface area contributed by atoms with Crippen LogP contribution in [0.3, 0.4) is 0 Å². The molecular weight excluding hydrogens is 208 g/mol. The van der Waals surface area contributed by atoms with Crippen molar-refractivity contribution in [1.29, 1.82) is 0 Å². The number of carbonyl (C=O) groups is 1. The average Bonchev–Trinajstić information content (AvgIpc) is 2.85. The molecule has 2 N–H and O–H groups in total. The van der Waals surface area contributed by atoms with Gasteiger partial charge in [0.25, 0.3) is 5.91 Å². The van der Waals surface area contributed by atoms with E-state index < -0.39 is 6.10 Å². The molecule has 6 heteroatoms. The number of nitrogens with one attached hydrogen (secondary N) is 1. The maximum atomic E-state index is 12.1. The zero-order valence-corrected chi connectivity index (χ0v) is 9.42. The summed E-state index contributed by atoms with van der Waals surface area (Å²) in [6, 6.07) is -0.164. The van der Waals surface area contributed by atoms with Gasteiger partial charge in [-0.15, -0.1) is 0 Å². The van der Waals surface area contributed by atoms with Gasteiger partial charge in [-0.05, 0) is 0 Å². The molecule has 2 rings (SSSR count). The zero-order chi connectivity index (χ0) is 11.7. The molecule has 88 valence electrons. The minimum Gasteiger partial charge on any atom is -0.390 e. The monoisotopic (exact) mass is 224 g/mol. The van der Waals surface area contributed by atoms with Crippen molar-refractivity contribution >= 4 is 5.91 Å². The molecule has 1 aliphatic rings. The van der Waals surface area contributed by atoms with E-state index in [1.807, 2.05) is 0 Å². The lowest BCUT2D eigenvalue weighted by Gasteiger charge is -2.26. The average molecular weight is 224 g/mol. The molecule has 0 radical (unpaired) electrons. The maximum Gasteiger partial charge on any atom is 0.272 e. The largest absolute Gasteiger partial charge is 0.390 e. The molecule has 0 spiro atoms. The third kappa shape index (κ3) is 1.81. The Morgan fingerprint density at radius 2 is 2.44 bits per heavy atom. The summed E-state index contributed by atoms with van der Waals surface area (Å²) in [5, 5.41) is 12.7. The Kier molecular flexibility index (Phi) is 2.93. The first kappa shape index (κ1) is 11.1. The molecule has 16 heavy (non-hydrogen) atoms. The van der Waals surface area contributed by atoms with E-state index in [0.717, 1.165) is 0 Å². The second-order valence-electron chi connectivity index (χ2n) is 4.10. The van der Waals surface area contributed by atoms with Crippen molar-refractivity contribution < 1.29 is 9.90 Å². The van der Waals surface area contributed by atoms with Gasteiger partial charge in [0, 0.05) is 27.2 Å². The first-order valence-corrected chi connectivity index (χ1v) is 5.23. The van der Waals surface area contributed by atoms with Crippen LogP contribution in [0.5, 0.6) is 0 Å². The summed E-state index contributed by atoms with van der Waals surface area (Å²) in [4.78, 5) is 17.6. The molecule has 6 nitrogen and oxygen atoms in total. The topological polar surface area (TPSA) is 70.4 Å². The summed E-state index contributed by atoms with van der Waals surface area (Å²) in [6.07, 6.45) is 2.63. The lowest BCUT2D eigenvalue weighted by atomic mass is 10.2. The van der Waals surface area contributed by atoms with E-state index in [0.29, 0.717) is 18.8 Å². The van der Waals surface area contributed by atoms with Crippen molar-refractivity contribution in [2.45, 2.75) is 12.1 Å². The standard InChI is InChI=1S/C10H16N4O2/c1-13-6-12-4-8(13)10(16)14(2)7-3-11-5-9(7)15/h4,6-7,9,11,15H,3,5H2,1-2H3/t7-,9-/m0/s1. The molecule has 0 saturated carbocycles. The molecule has 0 bridgehead atoms. The van der Waals surface area contributed by atoms with Crippen LogP contribution in [0.1, 0.15) is 10.5 Å². The quantitative estimate of drug-likeness (QED) is 0.664. The predicted molar refractivity (Wildman–Crippen MR) is 58.0 cm³/mol. The predicted octanol–water partition coefficient (Wildman–Crippen LogP) is -1.18. The number of aliphatic hydroxyl groups is 1. The molecule has 0 aromatic carbocycles. The van der Waals surface area contributed by atoms with E-state index in [9.17, 15) is 9.90 Å². The molecule has 2 heterocycles. The second-order valence-corrected chi connectivity index (χ2v) is 4.10. The van der Waals surface area contributed by atoms with Gasteiger partial charge in [-0.25, -0.2) is 4.98 Å². The van der Waals surface area contributed by atoms with Crippen LogP contribution >= 0.6 is 0 Å². The van der Waals surface area contributed by atoms with Crippen molar-refractivity contribution in [3.8, 4) is 0 Å². The fraction of sp³-hybridized carbons (Fsp3) is 0.600. The summed E-state index contributed by atoms with van der Waals surface area (Å²) < 4.78 is 1.67. The van der Waals surface area contributed by atoms with Crippen LogP contribution in [-0.2, 0) is 7.05 Å². The van der Waals surface area contributed by atoms with Crippen LogP contribution in [0, 0.1) is 0 Å². The number of aliphatic hydroxyl groups excluding tert-OH is 1. The molecule has 2 atom stereocenters.